The van der Waals surface area contributed by atoms with Gasteiger partial charge in [0.25, 0.3) is 0 Å². The zero-order valence-electron chi connectivity index (χ0n) is 7.13. The quantitative estimate of drug-likeness (QED) is 0.822. The summed E-state index contributed by atoms with van der Waals surface area (Å²) in [6.07, 6.45) is 0. The van der Waals surface area contributed by atoms with Crippen molar-refractivity contribution in [1.29, 1.82) is 0 Å². The van der Waals surface area contributed by atoms with Gasteiger partial charge in [-0.15, -0.1) is 11.3 Å². The zero-order valence-corrected chi connectivity index (χ0v) is 8.71. The minimum Gasteiger partial charge on any atom is -0.382 e. The monoisotopic (exact) mass is 205 g/mol. The maximum absolute atomic E-state index is 5.99. The van der Waals surface area contributed by atoms with E-state index in [9.17, 15) is 0 Å². The molecule has 0 fully saturated rings. The van der Waals surface area contributed by atoms with Crippen LogP contribution in [0.2, 0.25) is 4.34 Å². The van der Waals surface area contributed by atoms with Crippen molar-refractivity contribution in [3.05, 3.63) is 21.3 Å². The van der Waals surface area contributed by atoms with Crippen LogP contribution < -0.4 is 5.73 Å². The summed E-state index contributed by atoms with van der Waals surface area (Å²) in [5.41, 5.74) is 5.56. The number of rotatable bonds is 3. The van der Waals surface area contributed by atoms with Gasteiger partial charge in [-0.1, -0.05) is 11.6 Å². The van der Waals surface area contributed by atoms with Gasteiger partial charge in [-0.3, -0.25) is 0 Å². The van der Waals surface area contributed by atoms with Gasteiger partial charge < -0.3 is 10.5 Å². The van der Waals surface area contributed by atoms with Crippen LogP contribution in [0.5, 0.6) is 0 Å². The molecule has 4 heteroatoms. The molecule has 0 amide bonds. The number of hydrogen-bond acceptors (Lipinski definition) is 3. The molecule has 0 saturated carbocycles. The number of halogens is 1. The smallest absolute Gasteiger partial charge is 0.0931 e. The molecular weight excluding hydrogens is 194 g/mol. The fourth-order valence-corrected chi connectivity index (χ4v) is 2.08. The van der Waals surface area contributed by atoms with Gasteiger partial charge in [-0.05, 0) is 19.1 Å². The summed E-state index contributed by atoms with van der Waals surface area (Å²) in [5, 5.41) is 0. The Bertz CT molecular complexity index is 259. The molecular formula is C8H12ClNOS. The Morgan fingerprint density at radius 1 is 1.67 bits per heavy atom. The van der Waals surface area contributed by atoms with E-state index < -0.39 is 5.54 Å². The van der Waals surface area contributed by atoms with Crippen molar-refractivity contribution in [3.8, 4) is 0 Å². The zero-order chi connectivity index (χ0) is 9.19. The molecule has 0 aliphatic heterocycles. The molecule has 0 aromatic carbocycles. The molecule has 0 bridgehead atoms. The lowest BCUT2D eigenvalue weighted by atomic mass is 10.0. The third-order valence-electron chi connectivity index (χ3n) is 1.58. The number of hydrogen-bond donors (Lipinski definition) is 1. The van der Waals surface area contributed by atoms with Gasteiger partial charge in [0.1, 0.15) is 0 Å². The van der Waals surface area contributed by atoms with Gasteiger partial charge in [-0.25, -0.2) is 0 Å². The standard InChI is InChI=1S/C8H12ClNOS/c1-8(10,5-11-2)6-3-4-7(9)12-6/h3-4H,5,10H2,1-2H3. The van der Waals surface area contributed by atoms with Crippen molar-refractivity contribution in [2.45, 2.75) is 12.5 Å². The molecule has 1 heterocycles. The van der Waals surface area contributed by atoms with Crippen molar-refractivity contribution in [2.24, 2.45) is 5.73 Å². The molecule has 0 spiro atoms. The molecule has 0 saturated heterocycles. The second-order valence-corrected chi connectivity index (χ2v) is 4.67. The topological polar surface area (TPSA) is 35.2 Å². The Balaban J connectivity index is 2.81. The molecule has 68 valence electrons. The van der Waals surface area contributed by atoms with Gasteiger partial charge in [-0.2, -0.15) is 0 Å². The van der Waals surface area contributed by atoms with E-state index in [1.165, 1.54) is 11.3 Å². The van der Waals surface area contributed by atoms with Crippen LogP contribution in [0.3, 0.4) is 0 Å². The second-order valence-electron chi connectivity index (χ2n) is 2.95. The van der Waals surface area contributed by atoms with Crippen LogP contribution in [0.15, 0.2) is 12.1 Å². The number of ether oxygens (including phenoxy) is 1. The van der Waals surface area contributed by atoms with Crippen molar-refractivity contribution in [2.75, 3.05) is 13.7 Å². The number of methoxy groups -OCH3 is 1. The number of nitrogens with two attached hydrogens (primary N) is 1. The van der Waals surface area contributed by atoms with Crippen LogP contribution >= 0.6 is 22.9 Å². The first-order valence-electron chi connectivity index (χ1n) is 3.60. The molecule has 2 nitrogen and oxygen atoms in total. The predicted octanol–water partition coefficient (Wildman–Crippen LogP) is 2.22. The molecule has 1 atom stereocenters. The molecule has 0 aliphatic carbocycles. The molecule has 1 rings (SSSR count). The van der Waals surface area contributed by atoms with Crippen LogP contribution in [0.4, 0.5) is 0 Å². The van der Waals surface area contributed by atoms with E-state index in [0.717, 1.165) is 9.21 Å². The lowest BCUT2D eigenvalue weighted by Gasteiger charge is -2.21. The van der Waals surface area contributed by atoms with E-state index in [2.05, 4.69) is 0 Å². The van der Waals surface area contributed by atoms with E-state index >= 15 is 0 Å². The lowest BCUT2D eigenvalue weighted by molar-refractivity contribution is 0.142. The van der Waals surface area contributed by atoms with E-state index in [-0.39, 0.29) is 0 Å². The van der Waals surface area contributed by atoms with E-state index in [4.69, 9.17) is 22.1 Å². The number of thiophene rings is 1. The summed E-state index contributed by atoms with van der Waals surface area (Å²) >= 11 is 7.28. The molecule has 1 aromatic rings. The summed E-state index contributed by atoms with van der Waals surface area (Å²) < 4.78 is 5.77. The first-order valence-corrected chi connectivity index (χ1v) is 4.79. The third-order valence-corrected chi connectivity index (χ3v) is 3.09. The molecule has 1 aromatic heterocycles. The summed E-state index contributed by atoms with van der Waals surface area (Å²) in [7, 11) is 1.64. The van der Waals surface area contributed by atoms with Crippen LogP contribution in [0.1, 0.15) is 11.8 Å². The van der Waals surface area contributed by atoms with Gasteiger partial charge in [0.05, 0.1) is 16.5 Å². The average Bonchev–Trinajstić information content (AvgIpc) is 2.36. The normalized spacial score (nSPS) is 16.0. The Kier molecular flexibility index (Phi) is 3.12. The fourth-order valence-electron chi connectivity index (χ4n) is 0.992. The van der Waals surface area contributed by atoms with Gasteiger partial charge in [0.2, 0.25) is 0 Å². The first-order chi connectivity index (χ1) is 5.56. The third kappa shape index (κ3) is 2.20. The van der Waals surface area contributed by atoms with Gasteiger partial charge in [0, 0.05) is 12.0 Å². The van der Waals surface area contributed by atoms with E-state index in [0.29, 0.717) is 6.61 Å². The molecule has 1 unspecified atom stereocenters. The SMILES string of the molecule is COCC(C)(N)c1ccc(Cl)s1. The maximum Gasteiger partial charge on any atom is 0.0931 e. The van der Waals surface area contributed by atoms with E-state index in [1.54, 1.807) is 7.11 Å². The molecule has 12 heavy (non-hydrogen) atoms. The fraction of sp³-hybridized carbons (Fsp3) is 0.500. The minimum absolute atomic E-state index is 0.424. The van der Waals surface area contributed by atoms with Crippen LogP contribution in [-0.2, 0) is 10.3 Å². The van der Waals surface area contributed by atoms with Gasteiger partial charge >= 0.3 is 0 Å². The van der Waals surface area contributed by atoms with Crippen molar-refractivity contribution >= 4 is 22.9 Å². The van der Waals surface area contributed by atoms with Crippen molar-refractivity contribution in [3.63, 3.8) is 0 Å². The maximum atomic E-state index is 5.99. The summed E-state index contributed by atoms with van der Waals surface area (Å²) in [5.74, 6) is 0. The Morgan fingerprint density at radius 3 is 2.75 bits per heavy atom. The highest BCUT2D eigenvalue weighted by Crippen LogP contribution is 2.29. The highest BCUT2D eigenvalue weighted by Gasteiger charge is 2.22. The Labute approximate surface area is 81.3 Å². The predicted molar refractivity (Wildman–Crippen MR) is 52.7 cm³/mol. The Hall–Kier alpha value is -0.0900. The van der Waals surface area contributed by atoms with Gasteiger partial charge in [0.15, 0.2) is 0 Å². The molecule has 0 radical (unpaired) electrons. The summed E-state index contributed by atoms with van der Waals surface area (Å²) in [6.45, 7) is 2.43. The second kappa shape index (κ2) is 3.75. The minimum atomic E-state index is -0.424. The van der Waals surface area contributed by atoms with Crippen LogP contribution in [0.25, 0.3) is 0 Å². The van der Waals surface area contributed by atoms with Crippen LogP contribution in [-0.4, -0.2) is 13.7 Å². The largest absolute Gasteiger partial charge is 0.382 e. The highest BCUT2D eigenvalue weighted by molar-refractivity contribution is 7.16. The summed E-state index contributed by atoms with van der Waals surface area (Å²) in [6, 6.07) is 3.79. The molecule has 0 aliphatic rings. The van der Waals surface area contributed by atoms with Crippen molar-refractivity contribution in [1.82, 2.24) is 0 Å². The Morgan fingerprint density at radius 2 is 2.33 bits per heavy atom. The molecule has 2 N–H and O–H groups in total. The first kappa shape index (κ1) is 9.99. The van der Waals surface area contributed by atoms with E-state index in [1.807, 2.05) is 19.1 Å². The summed E-state index contributed by atoms with van der Waals surface area (Å²) in [4.78, 5) is 1.05. The average molecular weight is 206 g/mol. The van der Waals surface area contributed by atoms with Crippen molar-refractivity contribution < 1.29 is 4.74 Å². The highest BCUT2D eigenvalue weighted by atomic mass is 35.5. The lowest BCUT2D eigenvalue weighted by Crippen LogP contribution is -2.36. The van der Waals surface area contributed by atoms with Crippen LogP contribution in [0, 0.1) is 0 Å².